The monoisotopic (exact) mass is 441 g/mol. The van der Waals surface area contributed by atoms with Crippen LogP contribution in [-0.2, 0) is 23.7 Å². The van der Waals surface area contributed by atoms with Crippen LogP contribution in [0.25, 0.3) is 0 Å². The molecule has 0 aliphatic carbocycles. The number of hydrogen-bond acceptors (Lipinski definition) is 5. The molecule has 9 heteroatoms. The van der Waals surface area contributed by atoms with Crippen LogP contribution in [0.1, 0.15) is 22.5 Å². The average molecular weight is 442 g/mol. The number of carbonyl (C=O) groups is 1. The average Bonchev–Trinajstić information content (AvgIpc) is 2.77. The Kier molecular flexibility index (Phi) is 7.11. The number of alkyl halides is 2. The summed E-state index contributed by atoms with van der Waals surface area (Å²) in [5.74, 6) is -3.45. The third-order valence-corrected chi connectivity index (χ3v) is 4.57. The number of nitrogens with one attached hydrogen (secondary N) is 2. The molecular weight excluding hydrogens is 424 g/mol. The molecule has 0 unspecified atom stereocenters. The maximum atomic E-state index is 14.3. The molecule has 0 fully saturated rings. The van der Waals surface area contributed by atoms with E-state index in [4.69, 9.17) is 11.6 Å². The van der Waals surface area contributed by atoms with Crippen molar-refractivity contribution in [1.29, 1.82) is 5.26 Å². The second-order valence-electron chi connectivity index (χ2n) is 6.66. The Morgan fingerprint density at radius 3 is 2.71 bits per heavy atom. The van der Waals surface area contributed by atoms with Gasteiger partial charge in [0.2, 0.25) is 5.91 Å². The van der Waals surface area contributed by atoms with Crippen LogP contribution in [0.5, 0.6) is 0 Å². The molecule has 3 rings (SSSR count). The summed E-state index contributed by atoms with van der Waals surface area (Å²) < 4.78 is 28.6. The lowest BCUT2D eigenvalue weighted by atomic mass is 10.1. The van der Waals surface area contributed by atoms with Crippen LogP contribution in [-0.4, -0.2) is 22.4 Å². The Labute approximate surface area is 182 Å². The summed E-state index contributed by atoms with van der Waals surface area (Å²) in [5, 5.41) is 15.1. The lowest BCUT2D eigenvalue weighted by Crippen LogP contribution is -2.27. The van der Waals surface area contributed by atoms with Gasteiger partial charge in [0.15, 0.2) is 0 Å². The fraction of sp³-hybridized carbons (Fsp3) is 0.182. The molecule has 0 atom stereocenters. The molecule has 0 aliphatic rings. The topological polar surface area (TPSA) is 90.7 Å². The molecule has 0 radical (unpaired) electrons. The number of hydrogen-bond donors (Lipinski definition) is 2. The molecule has 6 nitrogen and oxygen atoms in total. The van der Waals surface area contributed by atoms with Gasteiger partial charge in [0.05, 0.1) is 24.2 Å². The minimum Gasteiger partial charge on any atom is -0.364 e. The van der Waals surface area contributed by atoms with Gasteiger partial charge >= 0.3 is 5.92 Å². The number of anilines is 1. The number of pyridine rings is 2. The third kappa shape index (κ3) is 6.20. The number of halogens is 3. The number of carbonyl (C=O) groups excluding carboxylic acids is 1. The van der Waals surface area contributed by atoms with Gasteiger partial charge in [-0.05, 0) is 42.0 Å². The van der Waals surface area contributed by atoms with Crippen molar-refractivity contribution in [3.8, 4) is 6.07 Å². The number of amides is 1. The zero-order valence-electron chi connectivity index (χ0n) is 16.3. The van der Waals surface area contributed by atoms with Crippen molar-refractivity contribution in [2.75, 3.05) is 11.9 Å². The molecule has 2 N–H and O–H groups in total. The molecule has 2 aromatic heterocycles. The molecule has 31 heavy (non-hydrogen) atoms. The first kappa shape index (κ1) is 22.1. The van der Waals surface area contributed by atoms with E-state index in [1.165, 1.54) is 30.5 Å². The van der Waals surface area contributed by atoms with Crippen molar-refractivity contribution in [2.24, 2.45) is 0 Å². The van der Waals surface area contributed by atoms with Crippen LogP contribution in [0.3, 0.4) is 0 Å². The van der Waals surface area contributed by atoms with Gasteiger partial charge in [0.25, 0.3) is 0 Å². The van der Waals surface area contributed by atoms with Crippen LogP contribution < -0.4 is 10.6 Å². The molecule has 1 aromatic carbocycles. The smallest absolute Gasteiger partial charge is 0.306 e. The number of rotatable bonds is 8. The summed E-state index contributed by atoms with van der Waals surface area (Å²) in [5.41, 5.74) is 0.843. The summed E-state index contributed by atoms with van der Waals surface area (Å²) in [7, 11) is 0. The largest absolute Gasteiger partial charge is 0.364 e. The fourth-order valence-electron chi connectivity index (χ4n) is 2.77. The van der Waals surface area contributed by atoms with Crippen molar-refractivity contribution in [3.05, 3.63) is 88.3 Å². The minimum atomic E-state index is -3.22. The predicted molar refractivity (Wildman–Crippen MR) is 113 cm³/mol. The van der Waals surface area contributed by atoms with E-state index < -0.39 is 12.5 Å². The molecular formula is C22H18ClF2N5O. The highest BCUT2D eigenvalue weighted by Gasteiger charge is 2.32. The highest BCUT2D eigenvalue weighted by Crippen LogP contribution is 2.26. The zero-order chi connectivity index (χ0) is 22.3. The SMILES string of the molecule is N#Cc1ccc(NCC(F)(F)c2ccccn2)nc1CC(=O)NCc1cccc(Cl)c1. The van der Waals surface area contributed by atoms with Gasteiger partial charge in [-0.25, -0.2) is 4.98 Å². The molecule has 0 saturated carbocycles. The summed E-state index contributed by atoms with van der Waals surface area (Å²) in [4.78, 5) is 20.2. The Hall–Kier alpha value is -3.57. The standard InChI is InChI=1S/C22H18ClF2N5O/c23-17-5-3-4-15(10-17)13-28-21(31)11-18-16(12-26)7-8-20(30-18)29-14-22(24,25)19-6-1-2-9-27-19/h1-10H,11,13-14H2,(H,28,31)(H,29,30). The number of aromatic nitrogens is 2. The van der Waals surface area contributed by atoms with Crippen molar-refractivity contribution >= 4 is 23.3 Å². The van der Waals surface area contributed by atoms with Crippen LogP contribution >= 0.6 is 11.6 Å². The zero-order valence-corrected chi connectivity index (χ0v) is 17.0. The van der Waals surface area contributed by atoms with Gasteiger partial charge in [-0.2, -0.15) is 14.0 Å². The Bertz CT molecular complexity index is 1100. The first-order chi connectivity index (χ1) is 14.9. The normalized spacial score (nSPS) is 10.9. The molecule has 3 aromatic rings. The molecule has 158 valence electrons. The quantitative estimate of drug-likeness (QED) is 0.550. The van der Waals surface area contributed by atoms with E-state index in [-0.39, 0.29) is 41.6 Å². The van der Waals surface area contributed by atoms with Gasteiger partial charge in [-0.1, -0.05) is 29.8 Å². The highest BCUT2D eigenvalue weighted by molar-refractivity contribution is 6.30. The summed E-state index contributed by atoms with van der Waals surface area (Å²) in [6, 6.07) is 16.1. The van der Waals surface area contributed by atoms with Crippen LogP contribution in [0.4, 0.5) is 14.6 Å². The van der Waals surface area contributed by atoms with E-state index in [1.54, 1.807) is 24.3 Å². The van der Waals surface area contributed by atoms with Crippen molar-refractivity contribution in [3.63, 3.8) is 0 Å². The van der Waals surface area contributed by atoms with Gasteiger partial charge in [-0.3, -0.25) is 9.78 Å². The first-order valence-corrected chi connectivity index (χ1v) is 9.69. The van der Waals surface area contributed by atoms with E-state index in [0.717, 1.165) is 5.56 Å². The Morgan fingerprint density at radius 1 is 1.16 bits per heavy atom. The summed E-state index contributed by atoms with van der Waals surface area (Å²) in [6.07, 6.45) is 1.12. The summed E-state index contributed by atoms with van der Waals surface area (Å²) >= 11 is 5.92. The molecule has 0 aliphatic heterocycles. The fourth-order valence-corrected chi connectivity index (χ4v) is 2.98. The predicted octanol–water partition coefficient (Wildman–Crippen LogP) is 4.06. The van der Waals surface area contributed by atoms with Crippen molar-refractivity contribution in [2.45, 2.75) is 18.9 Å². The van der Waals surface area contributed by atoms with Gasteiger partial charge in [0, 0.05) is 17.8 Å². The highest BCUT2D eigenvalue weighted by atomic mass is 35.5. The van der Waals surface area contributed by atoms with Crippen LogP contribution in [0.2, 0.25) is 5.02 Å². The molecule has 1 amide bonds. The number of nitrogens with zero attached hydrogens (tertiary/aromatic N) is 3. The van der Waals surface area contributed by atoms with E-state index in [2.05, 4.69) is 20.6 Å². The maximum Gasteiger partial charge on any atom is 0.306 e. The number of benzene rings is 1. The maximum absolute atomic E-state index is 14.3. The Balaban J connectivity index is 1.64. The molecule has 0 spiro atoms. The first-order valence-electron chi connectivity index (χ1n) is 9.32. The lowest BCUT2D eigenvalue weighted by Gasteiger charge is -2.17. The van der Waals surface area contributed by atoms with E-state index in [1.807, 2.05) is 12.1 Å². The van der Waals surface area contributed by atoms with Gasteiger partial charge < -0.3 is 10.6 Å². The second-order valence-corrected chi connectivity index (χ2v) is 7.10. The second kappa shape index (κ2) is 9.96. The molecule has 0 saturated heterocycles. The van der Waals surface area contributed by atoms with Gasteiger partial charge in [0.1, 0.15) is 17.6 Å². The van der Waals surface area contributed by atoms with Crippen LogP contribution in [0.15, 0.2) is 60.8 Å². The lowest BCUT2D eigenvalue weighted by molar-refractivity contribution is -0.120. The molecule has 2 heterocycles. The van der Waals surface area contributed by atoms with E-state index >= 15 is 0 Å². The van der Waals surface area contributed by atoms with Gasteiger partial charge in [-0.15, -0.1) is 0 Å². The Morgan fingerprint density at radius 2 is 2.00 bits per heavy atom. The summed E-state index contributed by atoms with van der Waals surface area (Å²) in [6.45, 7) is -0.473. The van der Waals surface area contributed by atoms with E-state index in [0.29, 0.717) is 5.02 Å². The van der Waals surface area contributed by atoms with E-state index in [9.17, 15) is 18.8 Å². The van der Waals surface area contributed by atoms with Crippen molar-refractivity contribution < 1.29 is 13.6 Å². The molecule has 0 bridgehead atoms. The van der Waals surface area contributed by atoms with Crippen molar-refractivity contribution in [1.82, 2.24) is 15.3 Å². The third-order valence-electron chi connectivity index (χ3n) is 4.33. The minimum absolute atomic E-state index is 0.132. The number of nitriles is 1. The van der Waals surface area contributed by atoms with Crippen LogP contribution in [0, 0.1) is 11.3 Å².